The van der Waals surface area contributed by atoms with Gasteiger partial charge in [0.2, 0.25) is 0 Å². The van der Waals surface area contributed by atoms with Gasteiger partial charge < -0.3 is 10.1 Å². The van der Waals surface area contributed by atoms with Crippen molar-refractivity contribution in [2.45, 2.75) is 13.3 Å². The van der Waals surface area contributed by atoms with Crippen LogP contribution in [0.2, 0.25) is 0 Å². The van der Waals surface area contributed by atoms with Crippen LogP contribution in [-0.2, 0) is 0 Å². The monoisotopic (exact) mass is 297 g/mol. The second-order valence-electron chi connectivity index (χ2n) is 4.44. The highest BCUT2D eigenvalue weighted by atomic mass is 79.9. The minimum absolute atomic E-state index is 0.0874. The molecule has 0 aliphatic heterocycles. The summed E-state index contributed by atoms with van der Waals surface area (Å²) in [5.74, 6) is 0.907. The Balaban J connectivity index is 2.41. The van der Waals surface area contributed by atoms with Gasteiger partial charge in [-0.3, -0.25) is 0 Å². The first-order chi connectivity index (χ1) is 8.09. The van der Waals surface area contributed by atoms with E-state index in [1.54, 1.807) is 0 Å². The minimum atomic E-state index is 0.0874. The fourth-order valence-electron chi connectivity index (χ4n) is 1.60. The predicted octanol–water partition coefficient (Wildman–Crippen LogP) is 3.63. The number of rotatable bonds is 7. The van der Waals surface area contributed by atoms with Crippen LogP contribution in [0.4, 0.5) is 0 Å². The predicted molar refractivity (Wildman–Crippen MR) is 76.5 cm³/mol. The molecule has 0 aliphatic rings. The standard InChI is InChI=1S/C14H20BrNO/c1-4-14(2,11-16-3)9-10-17-13-7-5-12(15)6-8-13/h4-8,16H,1,9-11H2,2-3H3. The van der Waals surface area contributed by atoms with Gasteiger partial charge in [0.1, 0.15) is 5.75 Å². The lowest BCUT2D eigenvalue weighted by Crippen LogP contribution is -2.29. The molecule has 1 rings (SSSR count). The van der Waals surface area contributed by atoms with Crippen molar-refractivity contribution in [3.8, 4) is 5.75 Å². The summed E-state index contributed by atoms with van der Waals surface area (Å²) in [6, 6.07) is 7.89. The van der Waals surface area contributed by atoms with Crippen LogP contribution in [-0.4, -0.2) is 20.2 Å². The van der Waals surface area contributed by atoms with Crippen molar-refractivity contribution >= 4 is 15.9 Å². The summed E-state index contributed by atoms with van der Waals surface area (Å²) in [6.45, 7) is 7.69. The van der Waals surface area contributed by atoms with Gasteiger partial charge in [0.25, 0.3) is 0 Å². The summed E-state index contributed by atoms with van der Waals surface area (Å²) in [7, 11) is 1.96. The zero-order chi connectivity index (χ0) is 12.7. The Labute approximate surface area is 112 Å². The Morgan fingerprint density at radius 2 is 2.06 bits per heavy atom. The van der Waals surface area contributed by atoms with Crippen LogP contribution < -0.4 is 10.1 Å². The maximum atomic E-state index is 5.71. The summed E-state index contributed by atoms with van der Waals surface area (Å²) in [4.78, 5) is 0. The summed E-state index contributed by atoms with van der Waals surface area (Å²) in [6.07, 6.45) is 2.95. The van der Waals surface area contributed by atoms with E-state index in [1.807, 2.05) is 37.4 Å². The third-order valence-corrected chi connectivity index (χ3v) is 3.36. The van der Waals surface area contributed by atoms with E-state index in [2.05, 4.69) is 34.7 Å². The Morgan fingerprint density at radius 3 is 2.59 bits per heavy atom. The Hall–Kier alpha value is -0.800. The van der Waals surface area contributed by atoms with Crippen LogP contribution in [0.3, 0.4) is 0 Å². The van der Waals surface area contributed by atoms with Crippen molar-refractivity contribution in [1.82, 2.24) is 5.32 Å². The molecule has 1 N–H and O–H groups in total. The van der Waals surface area contributed by atoms with Crippen LogP contribution in [0, 0.1) is 5.41 Å². The molecule has 1 atom stereocenters. The molecule has 0 radical (unpaired) electrons. The van der Waals surface area contributed by atoms with Crippen molar-refractivity contribution < 1.29 is 4.74 Å². The normalized spacial score (nSPS) is 14.1. The van der Waals surface area contributed by atoms with E-state index in [-0.39, 0.29) is 5.41 Å². The molecular formula is C14H20BrNO. The zero-order valence-electron chi connectivity index (χ0n) is 10.5. The summed E-state index contributed by atoms with van der Waals surface area (Å²) >= 11 is 3.40. The maximum absolute atomic E-state index is 5.71. The average Bonchev–Trinajstić information content (AvgIpc) is 2.32. The third kappa shape index (κ3) is 4.92. The zero-order valence-corrected chi connectivity index (χ0v) is 12.1. The Morgan fingerprint density at radius 1 is 1.41 bits per heavy atom. The maximum Gasteiger partial charge on any atom is 0.119 e. The molecule has 1 aromatic carbocycles. The average molecular weight is 298 g/mol. The Kier molecular flexibility index (Phi) is 5.72. The molecule has 0 aliphatic carbocycles. The SMILES string of the molecule is C=CC(C)(CCOc1ccc(Br)cc1)CNC. The van der Waals surface area contributed by atoms with Gasteiger partial charge in [-0.2, -0.15) is 0 Å². The minimum Gasteiger partial charge on any atom is -0.494 e. The van der Waals surface area contributed by atoms with Gasteiger partial charge in [-0.15, -0.1) is 6.58 Å². The van der Waals surface area contributed by atoms with Gasteiger partial charge in [0.15, 0.2) is 0 Å². The first kappa shape index (κ1) is 14.3. The molecule has 0 aromatic heterocycles. The molecule has 2 nitrogen and oxygen atoms in total. The molecule has 3 heteroatoms. The van der Waals surface area contributed by atoms with Crippen molar-refractivity contribution in [2.75, 3.05) is 20.2 Å². The summed E-state index contributed by atoms with van der Waals surface area (Å²) in [5, 5.41) is 3.18. The van der Waals surface area contributed by atoms with E-state index in [0.717, 1.165) is 23.2 Å². The smallest absolute Gasteiger partial charge is 0.119 e. The molecule has 0 bridgehead atoms. The molecule has 1 unspecified atom stereocenters. The molecule has 0 fully saturated rings. The molecular weight excluding hydrogens is 278 g/mol. The quantitative estimate of drug-likeness (QED) is 0.776. The molecule has 0 heterocycles. The third-order valence-electron chi connectivity index (χ3n) is 2.83. The first-order valence-corrected chi connectivity index (χ1v) is 6.55. The number of ether oxygens (including phenoxy) is 1. The highest BCUT2D eigenvalue weighted by Crippen LogP contribution is 2.23. The second kappa shape index (κ2) is 6.82. The number of halogens is 1. The van der Waals surface area contributed by atoms with Crippen LogP contribution in [0.1, 0.15) is 13.3 Å². The first-order valence-electron chi connectivity index (χ1n) is 5.76. The van der Waals surface area contributed by atoms with Gasteiger partial charge >= 0.3 is 0 Å². The Bertz CT molecular complexity index is 350. The van der Waals surface area contributed by atoms with Crippen LogP contribution in [0.25, 0.3) is 0 Å². The van der Waals surface area contributed by atoms with E-state index in [1.165, 1.54) is 0 Å². The summed E-state index contributed by atoms with van der Waals surface area (Å²) in [5.41, 5.74) is 0.0874. The molecule has 0 spiro atoms. The fraction of sp³-hybridized carbons (Fsp3) is 0.429. The summed E-state index contributed by atoms with van der Waals surface area (Å²) < 4.78 is 6.77. The molecule has 1 aromatic rings. The molecule has 0 saturated carbocycles. The number of hydrogen-bond donors (Lipinski definition) is 1. The molecule has 0 saturated heterocycles. The molecule has 17 heavy (non-hydrogen) atoms. The molecule has 94 valence electrons. The van der Waals surface area contributed by atoms with Crippen LogP contribution >= 0.6 is 15.9 Å². The largest absolute Gasteiger partial charge is 0.494 e. The van der Waals surface area contributed by atoms with Crippen LogP contribution in [0.15, 0.2) is 41.4 Å². The van der Waals surface area contributed by atoms with Crippen molar-refractivity contribution in [3.05, 3.63) is 41.4 Å². The van der Waals surface area contributed by atoms with Gasteiger partial charge in [-0.05, 0) is 37.7 Å². The van der Waals surface area contributed by atoms with Gasteiger partial charge in [-0.25, -0.2) is 0 Å². The van der Waals surface area contributed by atoms with E-state index in [9.17, 15) is 0 Å². The number of nitrogens with one attached hydrogen (secondary N) is 1. The topological polar surface area (TPSA) is 21.3 Å². The van der Waals surface area contributed by atoms with Crippen molar-refractivity contribution in [2.24, 2.45) is 5.41 Å². The van der Waals surface area contributed by atoms with E-state index >= 15 is 0 Å². The lowest BCUT2D eigenvalue weighted by molar-refractivity contribution is 0.247. The van der Waals surface area contributed by atoms with Crippen LogP contribution in [0.5, 0.6) is 5.75 Å². The van der Waals surface area contributed by atoms with E-state index < -0.39 is 0 Å². The lowest BCUT2D eigenvalue weighted by atomic mass is 9.87. The number of benzene rings is 1. The van der Waals surface area contributed by atoms with E-state index in [0.29, 0.717) is 6.61 Å². The van der Waals surface area contributed by atoms with Crippen molar-refractivity contribution in [3.63, 3.8) is 0 Å². The van der Waals surface area contributed by atoms with E-state index in [4.69, 9.17) is 4.74 Å². The van der Waals surface area contributed by atoms with Gasteiger partial charge in [0, 0.05) is 16.4 Å². The molecule has 0 amide bonds. The highest BCUT2D eigenvalue weighted by molar-refractivity contribution is 9.10. The highest BCUT2D eigenvalue weighted by Gasteiger charge is 2.18. The van der Waals surface area contributed by atoms with Gasteiger partial charge in [-0.1, -0.05) is 28.9 Å². The lowest BCUT2D eigenvalue weighted by Gasteiger charge is -2.25. The fourth-order valence-corrected chi connectivity index (χ4v) is 1.86. The number of hydrogen-bond acceptors (Lipinski definition) is 2. The van der Waals surface area contributed by atoms with Crippen molar-refractivity contribution in [1.29, 1.82) is 0 Å². The second-order valence-corrected chi connectivity index (χ2v) is 5.36. The van der Waals surface area contributed by atoms with Gasteiger partial charge in [0.05, 0.1) is 6.61 Å².